The Morgan fingerprint density at radius 2 is 2.10 bits per heavy atom. The highest BCUT2D eigenvalue weighted by molar-refractivity contribution is 5.78. The van der Waals surface area contributed by atoms with Crippen LogP contribution in [0.1, 0.15) is 16.7 Å². The fourth-order valence-corrected chi connectivity index (χ4v) is 2.43. The third-order valence-corrected chi connectivity index (χ3v) is 3.55. The van der Waals surface area contributed by atoms with Crippen molar-refractivity contribution in [1.29, 1.82) is 0 Å². The van der Waals surface area contributed by atoms with Gasteiger partial charge in [0, 0.05) is 18.5 Å². The summed E-state index contributed by atoms with van der Waals surface area (Å²) in [7, 11) is 0. The van der Waals surface area contributed by atoms with Crippen molar-refractivity contribution in [2.75, 3.05) is 6.61 Å². The summed E-state index contributed by atoms with van der Waals surface area (Å²) in [6, 6.07) is 12.3. The summed E-state index contributed by atoms with van der Waals surface area (Å²) in [5.74, 6) is 0.495. The second-order valence-corrected chi connectivity index (χ2v) is 5.09. The quantitative estimate of drug-likeness (QED) is 0.937. The molecular weight excluding hydrogens is 269 g/mol. The van der Waals surface area contributed by atoms with E-state index in [0.717, 1.165) is 23.3 Å². The van der Waals surface area contributed by atoms with Gasteiger partial charge >= 0.3 is 0 Å². The van der Waals surface area contributed by atoms with Crippen LogP contribution in [0.25, 0.3) is 0 Å². The second-order valence-electron chi connectivity index (χ2n) is 5.09. The first kappa shape index (κ1) is 13.6. The molecule has 2 aromatic rings. The summed E-state index contributed by atoms with van der Waals surface area (Å²) in [6.45, 7) is 0.915. The molecule has 0 bridgehead atoms. The summed E-state index contributed by atoms with van der Waals surface area (Å²) in [5.41, 5.74) is 2.59. The lowest BCUT2D eigenvalue weighted by Gasteiger charge is -2.07. The monoisotopic (exact) mass is 285 g/mol. The standard InChI is InChI=1S/C17H16FNO2/c18-15-4-2-1-3-14(15)11-19-17(20)10-12-5-6-16-13(9-12)7-8-21-16/h1-6,9H,7-8,10-11H2,(H,19,20). The smallest absolute Gasteiger partial charge is 0.224 e. The van der Waals surface area contributed by atoms with Gasteiger partial charge < -0.3 is 10.1 Å². The summed E-state index contributed by atoms with van der Waals surface area (Å²) in [5, 5.41) is 2.75. The first-order chi connectivity index (χ1) is 10.2. The molecular formula is C17H16FNO2. The molecule has 0 aliphatic carbocycles. The van der Waals surface area contributed by atoms with Crippen molar-refractivity contribution in [2.24, 2.45) is 0 Å². The van der Waals surface area contributed by atoms with E-state index in [2.05, 4.69) is 5.32 Å². The number of carbonyl (C=O) groups is 1. The van der Waals surface area contributed by atoms with Gasteiger partial charge in [-0.2, -0.15) is 0 Å². The zero-order chi connectivity index (χ0) is 14.7. The van der Waals surface area contributed by atoms with Crippen LogP contribution in [-0.4, -0.2) is 12.5 Å². The maximum absolute atomic E-state index is 13.5. The van der Waals surface area contributed by atoms with Crippen LogP contribution >= 0.6 is 0 Å². The highest BCUT2D eigenvalue weighted by Crippen LogP contribution is 2.25. The molecule has 0 atom stereocenters. The molecule has 2 aromatic carbocycles. The number of nitrogens with one attached hydrogen (secondary N) is 1. The molecule has 4 heteroatoms. The number of benzene rings is 2. The van der Waals surface area contributed by atoms with Gasteiger partial charge in [0.15, 0.2) is 0 Å². The first-order valence-electron chi connectivity index (χ1n) is 6.97. The summed E-state index contributed by atoms with van der Waals surface area (Å²) in [4.78, 5) is 11.9. The lowest BCUT2D eigenvalue weighted by atomic mass is 10.1. The van der Waals surface area contributed by atoms with E-state index < -0.39 is 0 Å². The number of amides is 1. The van der Waals surface area contributed by atoms with Gasteiger partial charge in [-0.15, -0.1) is 0 Å². The average Bonchev–Trinajstić information content (AvgIpc) is 2.94. The highest BCUT2D eigenvalue weighted by atomic mass is 19.1. The Balaban J connectivity index is 1.58. The fourth-order valence-electron chi connectivity index (χ4n) is 2.43. The normalized spacial score (nSPS) is 12.6. The molecule has 3 nitrogen and oxygen atoms in total. The summed E-state index contributed by atoms with van der Waals surface area (Å²) < 4.78 is 18.9. The van der Waals surface area contributed by atoms with Gasteiger partial charge in [0.25, 0.3) is 0 Å². The van der Waals surface area contributed by atoms with E-state index in [1.54, 1.807) is 18.2 Å². The lowest BCUT2D eigenvalue weighted by molar-refractivity contribution is -0.120. The van der Waals surface area contributed by atoms with E-state index in [9.17, 15) is 9.18 Å². The molecule has 0 unspecified atom stereocenters. The van der Waals surface area contributed by atoms with E-state index in [4.69, 9.17) is 4.74 Å². The highest BCUT2D eigenvalue weighted by Gasteiger charge is 2.13. The molecule has 108 valence electrons. The van der Waals surface area contributed by atoms with Gasteiger partial charge in [-0.05, 0) is 23.3 Å². The Bertz CT molecular complexity index is 670. The number of hydrogen-bond acceptors (Lipinski definition) is 2. The van der Waals surface area contributed by atoms with Gasteiger partial charge in [-0.25, -0.2) is 4.39 Å². The molecule has 0 fully saturated rings. The Kier molecular flexibility index (Phi) is 3.86. The Morgan fingerprint density at radius 1 is 1.24 bits per heavy atom. The fraction of sp³-hybridized carbons (Fsp3) is 0.235. The maximum Gasteiger partial charge on any atom is 0.224 e. The molecule has 0 radical (unpaired) electrons. The van der Waals surface area contributed by atoms with Crippen LogP contribution in [0, 0.1) is 5.82 Å². The van der Waals surface area contributed by atoms with Gasteiger partial charge in [-0.1, -0.05) is 30.3 Å². The van der Waals surface area contributed by atoms with E-state index in [1.165, 1.54) is 6.07 Å². The number of halogens is 1. The summed E-state index contributed by atoms with van der Waals surface area (Å²) >= 11 is 0. The molecule has 0 saturated carbocycles. The molecule has 0 saturated heterocycles. The molecule has 1 aliphatic rings. The summed E-state index contributed by atoms with van der Waals surface area (Å²) in [6.07, 6.45) is 1.18. The number of carbonyl (C=O) groups excluding carboxylic acids is 1. The van der Waals surface area contributed by atoms with Crippen molar-refractivity contribution in [3.05, 3.63) is 65.0 Å². The molecule has 1 aliphatic heterocycles. The van der Waals surface area contributed by atoms with Gasteiger partial charge in [-0.3, -0.25) is 4.79 Å². The van der Waals surface area contributed by atoms with Crippen molar-refractivity contribution < 1.29 is 13.9 Å². The van der Waals surface area contributed by atoms with Gasteiger partial charge in [0.05, 0.1) is 13.0 Å². The van der Waals surface area contributed by atoms with Crippen molar-refractivity contribution in [3.63, 3.8) is 0 Å². The zero-order valence-corrected chi connectivity index (χ0v) is 11.6. The third-order valence-electron chi connectivity index (χ3n) is 3.55. The largest absolute Gasteiger partial charge is 0.493 e. The van der Waals surface area contributed by atoms with Crippen molar-refractivity contribution in [1.82, 2.24) is 5.32 Å². The van der Waals surface area contributed by atoms with Crippen LogP contribution in [0.3, 0.4) is 0 Å². The predicted octanol–water partition coefficient (Wildman–Crippen LogP) is 2.62. The Hall–Kier alpha value is -2.36. The number of ether oxygens (including phenoxy) is 1. The Labute approximate surface area is 122 Å². The second kappa shape index (κ2) is 5.95. The first-order valence-corrected chi connectivity index (χ1v) is 6.97. The van der Waals surface area contributed by atoms with Crippen molar-refractivity contribution in [2.45, 2.75) is 19.4 Å². The van der Waals surface area contributed by atoms with Gasteiger partial charge in [0.2, 0.25) is 5.91 Å². The van der Waals surface area contributed by atoms with Crippen LogP contribution in [0.5, 0.6) is 5.75 Å². The zero-order valence-electron chi connectivity index (χ0n) is 11.6. The van der Waals surface area contributed by atoms with Crippen LogP contribution in [-0.2, 0) is 24.2 Å². The number of fused-ring (bicyclic) bond motifs is 1. The molecule has 0 aromatic heterocycles. The molecule has 0 spiro atoms. The number of hydrogen-bond donors (Lipinski definition) is 1. The average molecular weight is 285 g/mol. The van der Waals surface area contributed by atoms with Crippen LogP contribution in [0.4, 0.5) is 4.39 Å². The van der Waals surface area contributed by atoms with Crippen LogP contribution < -0.4 is 10.1 Å². The van der Waals surface area contributed by atoms with E-state index in [0.29, 0.717) is 18.6 Å². The minimum absolute atomic E-state index is 0.114. The molecule has 1 amide bonds. The maximum atomic E-state index is 13.5. The lowest BCUT2D eigenvalue weighted by Crippen LogP contribution is -2.25. The Morgan fingerprint density at radius 3 is 2.95 bits per heavy atom. The SMILES string of the molecule is O=C(Cc1ccc2c(c1)CCO2)NCc1ccccc1F. The van der Waals surface area contributed by atoms with E-state index in [1.807, 2.05) is 18.2 Å². The minimum atomic E-state index is -0.299. The minimum Gasteiger partial charge on any atom is -0.493 e. The predicted molar refractivity (Wildman–Crippen MR) is 77.6 cm³/mol. The topological polar surface area (TPSA) is 38.3 Å². The van der Waals surface area contributed by atoms with E-state index in [-0.39, 0.29) is 18.3 Å². The van der Waals surface area contributed by atoms with Crippen molar-refractivity contribution in [3.8, 4) is 5.75 Å². The number of rotatable bonds is 4. The molecule has 1 N–H and O–H groups in total. The van der Waals surface area contributed by atoms with Crippen LogP contribution in [0.15, 0.2) is 42.5 Å². The molecule has 3 rings (SSSR count). The van der Waals surface area contributed by atoms with Gasteiger partial charge in [0.1, 0.15) is 11.6 Å². The van der Waals surface area contributed by atoms with Crippen LogP contribution in [0.2, 0.25) is 0 Å². The third kappa shape index (κ3) is 3.21. The van der Waals surface area contributed by atoms with Crippen molar-refractivity contribution >= 4 is 5.91 Å². The molecule has 21 heavy (non-hydrogen) atoms. The van der Waals surface area contributed by atoms with E-state index >= 15 is 0 Å². The molecule has 1 heterocycles.